The van der Waals surface area contributed by atoms with E-state index in [1.807, 2.05) is 30.0 Å². The zero-order valence-electron chi connectivity index (χ0n) is 20.6. The number of aromatic nitrogens is 2. The summed E-state index contributed by atoms with van der Waals surface area (Å²) >= 11 is 0. The van der Waals surface area contributed by atoms with Crippen LogP contribution in [-0.4, -0.2) is 34.1 Å². The second-order valence-corrected chi connectivity index (χ2v) is 9.73. The average molecular weight is 469 g/mol. The van der Waals surface area contributed by atoms with E-state index in [9.17, 15) is 4.79 Å². The van der Waals surface area contributed by atoms with Crippen molar-refractivity contribution in [2.45, 2.75) is 70.6 Å². The van der Waals surface area contributed by atoms with Gasteiger partial charge in [-0.3, -0.25) is 4.79 Å². The molecule has 0 spiro atoms. The maximum absolute atomic E-state index is 13.7. The summed E-state index contributed by atoms with van der Waals surface area (Å²) in [5.41, 5.74) is 5.97. The monoisotopic (exact) mass is 468 g/mol. The Hall–Kier alpha value is -3.46. The van der Waals surface area contributed by atoms with Crippen LogP contribution in [-0.2, 0) is 12.8 Å². The van der Waals surface area contributed by atoms with Crippen molar-refractivity contribution in [2.24, 2.45) is 0 Å². The van der Waals surface area contributed by atoms with E-state index in [1.54, 1.807) is 0 Å². The number of piperidine rings is 1. The van der Waals surface area contributed by atoms with Crippen molar-refractivity contribution in [3.05, 3.63) is 70.1 Å². The van der Waals surface area contributed by atoms with Crippen molar-refractivity contribution < 1.29 is 9.21 Å². The molecular formula is C29H32N4O2. The molecule has 0 bridgehead atoms. The Morgan fingerprint density at radius 1 is 1.03 bits per heavy atom. The fourth-order valence-corrected chi connectivity index (χ4v) is 5.32. The number of nitriles is 1. The molecule has 1 aromatic heterocycles. The van der Waals surface area contributed by atoms with Crippen LogP contribution in [0.25, 0.3) is 11.5 Å². The second kappa shape index (κ2) is 10.0. The van der Waals surface area contributed by atoms with Crippen LogP contribution in [0.3, 0.4) is 0 Å². The van der Waals surface area contributed by atoms with Gasteiger partial charge in [0, 0.05) is 30.6 Å². The van der Waals surface area contributed by atoms with E-state index in [0.717, 1.165) is 49.0 Å². The first-order chi connectivity index (χ1) is 17.1. The van der Waals surface area contributed by atoms with Gasteiger partial charge in [0.1, 0.15) is 0 Å². The Labute approximate surface area is 207 Å². The van der Waals surface area contributed by atoms with Gasteiger partial charge >= 0.3 is 0 Å². The highest BCUT2D eigenvalue weighted by atomic mass is 16.4. The summed E-state index contributed by atoms with van der Waals surface area (Å²) in [5.74, 6) is 2.16. The lowest BCUT2D eigenvalue weighted by atomic mass is 9.76. The predicted molar refractivity (Wildman–Crippen MR) is 134 cm³/mol. The Balaban J connectivity index is 1.40. The molecule has 1 aliphatic heterocycles. The van der Waals surface area contributed by atoms with E-state index in [4.69, 9.17) is 9.68 Å². The predicted octanol–water partition coefficient (Wildman–Crippen LogP) is 6.02. The highest BCUT2D eigenvalue weighted by Crippen LogP contribution is 2.42. The van der Waals surface area contributed by atoms with Crippen LogP contribution >= 0.6 is 0 Å². The molecule has 0 radical (unpaired) electrons. The fraction of sp³-hybridized carbons (Fsp3) is 0.448. The quantitative estimate of drug-likeness (QED) is 0.442. The summed E-state index contributed by atoms with van der Waals surface area (Å²) in [4.78, 5) is 15.7. The third-order valence-electron chi connectivity index (χ3n) is 7.72. The van der Waals surface area contributed by atoms with E-state index >= 15 is 0 Å². The number of hydrogen-bond acceptors (Lipinski definition) is 5. The summed E-state index contributed by atoms with van der Waals surface area (Å²) in [6, 6.07) is 14.3. The van der Waals surface area contributed by atoms with Crippen LogP contribution in [0.1, 0.15) is 96.3 Å². The molecule has 1 saturated carbocycles. The SMILES string of the molecule is CCc1nnc(-c2cc(C(=O)N3CCC(c4ccc(C#N)cc4)CC3)c(CC)cc2C2CCC2)o1. The number of amides is 1. The maximum Gasteiger partial charge on any atom is 0.254 e. The molecule has 1 saturated heterocycles. The van der Waals surface area contributed by atoms with Crippen molar-refractivity contribution in [1.82, 2.24) is 15.1 Å². The minimum Gasteiger partial charge on any atom is -0.421 e. The normalized spacial score (nSPS) is 16.7. The Morgan fingerprint density at radius 2 is 1.77 bits per heavy atom. The number of benzene rings is 2. The van der Waals surface area contributed by atoms with Gasteiger partial charge in [0.15, 0.2) is 0 Å². The number of rotatable bonds is 6. The summed E-state index contributed by atoms with van der Waals surface area (Å²) in [7, 11) is 0. The Kier molecular flexibility index (Phi) is 6.68. The van der Waals surface area contributed by atoms with Crippen LogP contribution in [0.2, 0.25) is 0 Å². The largest absolute Gasteiger partial charge is 0.421 e. The molecule has 0 unspecified atom stereocenters. The zero-order valence-corrected chi connectivity index (χ0v) is 20.6. The Morgan fingerprint density at radius 3 is 2.34 bits per heavy atom. The average Bonchev–Trinajstić information content (AvgIpc) is 3.36. The topological polar surface area (TPSA) is 83.0 Å². The molecule has 3 aromatic rings. The number of aryl methyl sites for hydroxylation is 2. The van der Waals surface area contributed by atoms with Crippen molar-refractivity contribution in [3.63, 3.8) is 0 Å². The molecule has 1 aliphatic carbocycles. The molecule has 35 heavy (non-hydrogen) atoms. The van der Waals surface area contributed by atoms with Gasteiger partial charge in [0.05, 0.1) is 11.6 Å². The Bertz CT molecular complexity index is 1240. The van der Waals surface area contributed by atoms with Crippen LogP contribution in [0.4, 0.5) is 0 Å². The van der Waals surface area contributed by atoms with Crippen molar-refractivity contribution >= 4 is 5.91 Å². The lowest BCUT2D eigenvalue weighted by Gasteiger charge is -2.33. The minimum absolute atomic E-state index is 0.0942. The van der Waals surface area contributed by atoms with E-state index < -0.39 is 0 Å². The van der Waals surface area contributed by atoms with Crippen LogP contribution in [0.5, 0.6) is 0 Å². The van der Waals surface area contributed by atoms with Crippen molar-refractivity contribution in [3.8, 4) is 17.5 Å². The van der Waals surface area contributed by atoms with Crippen LogP contribution < -0.4 is 0 Å². The molecule has 2 fully saturated rings. The van der Waals surface area contributed by atoms with Gasteiger partial charge in [0.25, 0.3) is 5.91 Å². The van der Waals surface area contributed by atoms with Gasteiger partial charge < -0.3 is 9.32 Å². The van der Waals surface area contributed by atoms with Crippen LogP contribution in [0.15, 0.2) is 40.8 Å². The van der Waals surface area contributed by atoms with Crippen molar-refractivity contribution in [1.29, 1.82) is 5.26 Å². The van der Waals surface area contributed by atoms with Crippen molar-refractivity contribution in [2.75, 3.05) is 13.1 Å². The molecule has 2 aromatic carbocycles. The number of nitrogens with zero attached hydrogens (tertiary/aromatic N) is 4. The second-order valence-electron chi connectivity index (χ2n) is 9.73. The van der Waals surface area contributed by atoms with E-state index in [-0.39, 0.29) is 5.91 Å². The highest BCUT2D eigenvalue weighted by molar-refractivity contribution is 5.97. The smallest absolute Gasteiger partial charge is 0.254 e. The lowest BCUT2D eigenvalue weighted by Crippen LogP contribution is -2.38. The molecule has 2 aliphatic rings. The van der Waals surface area contributed by atoms with Gasteiger partial charge in [-0.15, -0.1) is 10.2 Å². The standard InChI is InChI=1S/C29H32N4O2/c1-3-20-16-24(23-6-5-7-23)26(28-32-31-27(4-2)35-28)17-25(20)29(34)33-14-12-22(13-15-33)21-10-8-19(18-30)9-11-21/h8-11,16-17,22-23H,3-7,12-15H2,1-2H3. The molecule has 6 heteroatoms. The maximum atomic E-state index is 13.7. The van der Waals surface area contributed by atoms with Gasteiger partial charge in [-0.1, -0.05) is 38.5 Å². The summed E-state index contributed by atoms with van der Waals surface area (Å²) < 4.78 is 5.94. The number of carbonyl (C=O) groups excluding carboxylic acids is 1. The molecule has 0 atom stereocenters. The van der Waals surface area contributed by atoms with Gasteiger partial charge in [-0.2, -0.15) is 5.26 Å². The number of carbonyl (C=O) groups is 1. The molecular weight excluding hydrogens is 436 g/mol. The third kappa shape index (κ3) is 4.60. The molecule has 180 valence electrons. The fourth-order valence-electron chi connectivity index (χ4n) is 5.32. The third-order valence-corrected chi connectivity index (χ3v) is 7.72. The van der Waals surface area contributed by atoms with Crippen LogP contribution in [0, 0.1) is 11.3 Å². The molecule has 1 amide bonds. The first-order valence-electron chi connectivity index (χ1n) is 12.9. The molecule has 5 rings (SSSR count). The summed E-state index contributed by atoms with van der Waals surface area (Å²) in [6.07, 6.45) is 6.93. The minimum atomic E-state index is 0.0942. The zero-order chi connectivity index (χ0) is 24.4. The summed E-state index contributed by atoms with van der Waals surface area (Å²) in [5, 5.41) is 17.6. The van der Waals surface area contributed by atoms with Gasteiger partial charge in [-0.25, -0.2) is 0 Å². The highest BCUT2D eigenvalue weighted by Gasteiger charge is 2.30. The lowest BCUT2D eigenvalue weighted by molar-refractivity contribution is 0.0712. The van der Waals surface area contributed by atoms with E-state index in [0.29, 0.717) is 35.6 Å². The van der Waals surface area contributed by atoms with E-state index in [2.05, 4.69) is 41.4 Å². The number of hydrogen-bond donors (Lipinski definition) is 0. The number of likely N-dealkylation sites (tertiary alicyclic amines) is 1. The molecule has 2 heterocycles. The van der Waals surface area contributed by atoms with E-state index in [1.165, 1.54) is 30.4 Å². The van der Waals surface area contributed by atoms with Gasteiger partial charge in [-0.05, 0) is 78.8 Å². The first-order valence-corrected chi connectivity index (χ1v) is 12.9. The molecule has 0 N–H and O–H groups in total. The first kappa shape index (κ1) is 23.3. The summed E-state index contributed by atoms with van der Waals surface area (Å²) in [6.45, 7) is 5.58. The molecule has 6 nitrogen and oxygen atoms in total. The van der Waals surface area contributed by atoms with Gasteiger partial charge in [0.2, 0.25) is 11.8 Å².